The molecule has 2 aliphatic rings. The van der Waals surface area contributed by atoms with Gasteiger partial charge in [0.15, 0.2) is 8.32 Å². The maximum Gasteiger partial charge on any atom is 0.333 e. The van der Waals surface area contributed by atoms with Gasteiger partial charge in [-0.25, -0.2) is 25.1 Å². The predicted octanol–water partition coefficient (Wildman–Crippen LogP) is 4.47. The molecule has 71 heavy (non-hydrogen) atoms. The Balaban J connectivity index is 0.000000209. The number of aliphatic hydroxyl groups is 3. The summed E-state index contributed by atoms with van der Waals surface area (Å²) in [6.07, 6.45) is 7.36. The maximum atomic E-state index is 13.5. The number of aliphatic hydroxyl groups excluding tert-OH is 3. The van der Waals surface area contributed by atoms with Crippen molar-refractivity contribution in [2.75, 3.05) is 23.8 Å². The zero-order valence-corrected chi connectivity index (χ0v) is 42.4. The van der Waals surface area contributed by atoms with Crippen LogP contribution >= 0.6 is 0 Å². The molecule has 2 fully saturated rings. The lowest BCUT2D eigenvalue weighted by atomic mass is 9.98. The van der Waals surface area contributed by atoms with Gasteiger partial charge in [0.1, 0.15) is 41.8 Å². The first-order valence-electron chi connectivity index (χ1n) is 23.4. The highest BCUT2D eigenvalue weighted by molar-refractivity contribution is 7.84. The predicted molar refractivity (Wildman–Crippen MR) is 267 cm³/mol. The number of hydrogen-bond acceptors (Lipinski definition) is 17. The second-order valence-electron chi connectivity index (χ2n) is 19.6. The van der Waals surface area contributed by atoms with Crippen molar-refractivity contribution < 1.29 is 41.9 Å². The molecule has 4 aromatic heterocycles. The molecule has 2 saturated carbocycles. The van der Waals surface area contributed by atoms with Crippen LogP contribution in [0.1, 0.15) is 83.8 Å². The Kier molecular flexibility index (Phi) is 16.7. The van der Waals surface area contributed by atoms with Crippen molar-refractivity contribution in [2.24, 2.45) is 22.9 Å². The van der Waals surface area contributed by atoms with Crippen LogP contribution in [0.4, 0.5) is 11.6 Å². The monoisotopic (exact) mass is 1010 g/mol. The average Bonchev–Trinajstić information content (AvgIpc) is 4.13. The largest absolute Gasteiger partial charge is 0.412 e. The van der Waals surface area contributed by atoms with Crippen molar-refractivity contribution in [2.45, 2.75) is 102 Å². The van der Waals surface area contributed by atoms with Gasteiger partial charge in [0, 0.05) is 37.3 Å². The lowest BCUT2D eigenvalue weighted by Gasteiger charge is -2.41. The number of hydrogen-bond donors (Lipinski definition) is 6. The molecule has 2 aromatic carbocycles. The number of rotatable bonds is 18. The fourth-order valence-corrected chi connectivity index (χ4v) is 10.3. The van der Waals surface area contributed by atoms with Crippen LogP contribution in [0.25, 0.3) is 0 Å². The zero-order valence-electron chi connectivity index (χ0n) is 40.6. The molecular weight excluding hydrogens is 947 g/mol. The number of carbonyl (C=O) groups is 2. The topological polar surface area (TPSA) is 285 Å². The molecule has 2 aliphatic carbocycles. The first-order chi connectivity index (χ1) is 33.7. The van der Waals surface area contributed by atoms with Crippen LogP contribution in [0.2, 0.25) is 18.1 Å². The molecule has 0 radical (unpaired) electrons. The third-order valence-corrected chi connectivity index (χ3v) is 18.6. The van der Waals surface area contributed by atoms with Crippen molar-refractivity contribution in [3.63, 3.8) is 0 Å². The Labute approximate surface area is 414 Å². The third kappa shape index (κ3) is 13.3. The van der Waals surface area contributed by atoms with Gasteiger partial charge < -0.3 is 30.4 Å². The zero-order chi connectivity index (χ0) is 51.1. The Morgan fingerprint density at radius 2 is 1.24 bits per heavy atom. The van der Waals surface area contributed by atoms with Gasteiger partial charge in [0.05, 0.1) is 55.1 Å². The van der Waals surface area contributed by atoms with Crippen LogP contribution in [0, 0.1) is 17.8 Å². The minimum Gasteiger partial charge on any atom is -0.412 e. The highest BCUT2D eigenvalue weighted by Crippen LogP contribution is 2.43. The van der Waals surface area contributed by atoms with Crippen LogP contribution < -0.4 is 15.8 Å². The van der Waals surface area contributed by atoms with Gasteiger partial charge >= 0.3 is 10.3 Å². The van der Waals surface area contributed by atoms with Gasteiger partial charge in [0.2, 0.25) is 11.6 Å². The minimum atomic E-state index is -4.18. The summed E-state index contributed by atoms with van der Waals surface area (Å²) in [6.45, 7) is 14.1. The van der Waals surface area contributed by atoms with Crippen LogP contribution in [0.15, 0.2) is 110 Å². The Morgan fingerprint density at radius 1 is 0.761 bits per heavy atom. The summed E-state index contributed by atoms with van der Waals surface area (Å²) in [5.41, 5.74) is 3.19. The normalized spacial score (nSPS) is 22.4. The van der Waals surface area contributed by atoms with E-state index >= 15 is 0 Å². The third-order valence-electron chi connectivity index (χ3n) is 13.6. The molecule has 0 bridgehead atoms. The number of carbonyl (C=O) groups excluding carboxylic acids is 2. The Morgan fingerprint density at radius 3 is 1.70 bits per heavy atom. The van der Waals surface area contributed by atoms with E-state index in [9.17, 15) is 33.3 Å². The fraction of sp³-hybridized carbons (Fsp3) is 0.429. The second kappa shape index (κ2) is 22.5. The lowest BCUT2D eigenvalue weighted by molar-refractivity contribution is 0.00778. The van der Waals surface area contributed by atoms with Gasteiger partial charge in [-0.1, -0.05) is 88.4 Å². The second-order valence-corrected chi connectivity index (χ2v) is 25.6. The summed E-state index contributed by atoms with van der Waals surface area (Å²) in [7, 11) is -6.25. The van der Waals surface area contributed by atoms with Gasteiger partial charge in [0.25, 0.3) is 0 Å². The van der Waals surface area contributed by atoms with Gasteiger partial charge in [-0.15, -0.1) is 0 Å². The molecule has 0 aliphatic heterocycles. The van der Waals surface area contributed by atoms with Crippen molar-refractivity contribution >= 4 is 41.8 Å². The summed E-state index contributed by atoms with van der Waals surface area (Å²) < 4.78 is 36.9. The SMILES string of the molecule is C[C@H]1C(O[Si](C)(C)C(C)(C)C)[C@H](Nc2ncncc2C(=O)c2ccn(Cc3ccccc3)n2)C[C@@H]1CO.NS(=O)(=O)OC[C@H]1C[C@@H](Nc2ncncc2C(=O)c2ccn(Cc3ccccc3)n2)[C@@H](O)[C@@H]1O. The number of benzene rings is 2. The van der Waals surface area contributed by atoms with Gasteiger partial charge in [-0.05, 0) is 66.1 Å². The van der Waals surface area contributed by atoms with Gasteiger partial charge in [-0.2, -0.15) is 18.6 Å². The van der Waals surface area contributed by atoms with Crippen LogP contribution in [0.3, 0.4) is 0 Å². The molecule has 20 nitrogen and oxygen atoms in total. The van der Waals surface area contributed by atoms with Gasteiger partial charge in [-0.3, -0.25) is 23.1 Å². The highest BCUT2D eigenvalue weighted by atomic mass is 32.2. The molecule has 0 spiro atoms. The van der Waals surface area contributed by atoms with E-state index in [1.54, 1.807) is 33.9 Å². The highest BCUT2D eigenvalue weighted by Gasteiger charge is 2.48. The fourth-order valence-electron chi connectivity index (χ4n) is 8.54. The number of anilines is 2. The van der Waals surface area contributed by atoms with E-state index in [0.29, 0.717) is 30.2 Å². The molecule has 4 heterocycles. The summed E-state index contributed by atoms with van der Waals surface area (Å²) in [4.78, 5) is 43.2. The molecular formula is C49H63N11O9SSi. The number of nitrogens with one attached hydrogen (secondary N) is 2. The smallest absolute Gasteiger partial charge is 0.333 e. The molecule has 6 aromatic rings. The first kappa shape index (κ1) is 52.7. The standard InChI is InChI=1S/C28H39N5O3Si.C21H24N6O6S/c1-19-21(17-34)14-24(26(19)36-37(5,6)28(2,3)4)31-27-22(15-29-18-30-27)25(35)23-12-13-33(32-23)16-20-10-8-7-9-11-20;22-34(31,32)33-11-14-8-17(20(30)18(14)28)25-21-15(9-23-12-24-21)19(29)16-6-7-27(26-16)10-13-4-2-1-3-5-13/h7-13,15,18-19,21,24,26,34H,14,16-17H2,1-6H3,(H,29,30,31);1-7,9,12,14,17-18,20,28,30H,8,10-11H2,(H2,22,31,32)(H,23,24,25)/t19-,21-,24-,26?;14-,17-,18-,20-/m11/s1. The molecule has 22 heteroatoms. The van der Waals surface area contributed by atoms with Crippen LogP contribution in [0.5, 0.6) is 0 Å². The lowest BCUT2D eigenvalue weighted by Crippen LogP contribution is -2.48. The van der Waals surface area contributed by atoms with E-state index in [1.807, 2.05) is 66.9 Å². The molecule has 1 unspecified atom stereocenters. The molecule has 8 atom stereocenters. The summed E-state index contributed by atoms with van der Waals surface area (Å²) in [5, 5.41) is 50.9. The molecule has 378 valence electrons. The first-order valence-corrected chi connectivity index (χ1v) is 27.8. The van der Waals surface area contributed by atoms with E-state index < -0.39 is 48.6 Å². The average molecular weight is 1010 g/mol. The number of aromatic nitrogens is 8. The van der Waals surface area contributed by atoms with Crippen molar-refractivity contribution in [1.82, 2.24) is 39.5 Å². The van der Waals surface area contributed by atoms with Crippen molar-refractivity contribution in [3.05, 3.63) is 144 Å². The van der Waals surface area contributed by atoms with Crippen molar-refractivity contribution in [3.8, 4) is 0 Å². The van der Waals surface area contributed by atoms with E-state index in [2.05, 4.69) is 85.7 Å². The maximum absolute atomic E-state index is 13.5. The van der Waals surface area contributed by atoms with Crippen LogP contribution in [-0.2, 0) is 32.0 Å². The number of nitrogens with zero attached hydrogens (tertiary/aromatic N) is 8. The summed E-state index contributed by atoms with van der Waals surface area (Å²) in [6, 6.07) is 22.2. The van der Waals surface area contributed by atoms with Crippen molar-refractivity contribution in [1.29, 1.82) is 0 Å². The van der Waals surface area contributed by atoms with Crippen LogP contribution in [-0.4, -0.2) is 127 Å². The summed E-state index contributed by atoms with van der Waals surface area (Å²) >= 11 is 0. The molecule has 0 amide bonds. The van der Waals surface area contributed by atoms with E-state index in [-0.39, 0.29) is 71.5 Å². The quantitative estimate of drug-likeness (QED) is 0.0512. The Bertz CT molecular complexity index is 2850. The Hall–Kier alpha value is -6.11. The molecule has 7 N–H and O–H groups in total. The molecule has 0 saturated heterocycles. The summed E-state index contributed by atoms with van der Waals surface area (Å²) in [5.74, 6) is -0.438. The van der Waals surface area contributed by atoms with E-state index in [4.69, 9.17) is 9.56 Å². The van der Waals surface area contributed by atoms with E-state index in [0.717, 1.165) is 17.5 Å². The number of nitrogens with two attached hydrogens (primary N) is 1. The van der Waals surface area contributed by atoms with E-state index in [1.165, 1.54) is 18.9 Å². The minimum absolute atomic E-state index is 0.0587. The molecule has 8 rings (SSSR count). The number of ketones is 2.